The van der Waals surface area contributed by atoms with Gasteiger partial charge in [0, 0.05) is 0 Å². The van der Waals surface area contributed by atoms with Crippen molar-refractivity contribution in [1.82, 2.24) is 4.90 Å². The first-order valence-electron chi connectivity index (χ1n) is 8.65. The largest absolute Gasteiger partial charge is 0.288 e. The Labute approximate surface area is 165 Å². The second-order valence-corrected chi connectivity index (χ2v) is 9.30. The molecule has 2 nitrogen and oxygen atoms in total. The zero-order valence-electron chi connectivity index (χ0n) is 15.6. The number of thiocarbonyl (C=S) groups is 1. The van der Waals surface area contributed by atoms with Crippen molar-refractivity contribution in [2.45, 2.75) is 39.7 Å². The van der Waals surface area contributed by atoms with E-state index in [0.29, 0.717) is 15.8 Å². The Morgan fingerprint density at radius 3 is 2.23 bits per heavy atom. The molecule has 0 atom stereocenters. The molecule has 26 heavy (non-hydrogen) atoms. The first-order chi connectivity index (χ1) is 12.2. The van der Waals surface area contributed by atoms with E-state index in [1.54, 1.807) is 4.90 Å². The summed E-state index contributed by atoms with van der Waals surface area (Å²) < 4.78 is 0.619. The SMILES string of the molecule is Cc1ccc(CN2C(=O)/C(=C/c3ccc(C(C)(C)C)cc3)SC2=S)cc1. The van der Waals surface area contributed by atoms with E-state index >= 15 is 0 Å². The molecule has 2 aromatic carbocycles. The van der Waals surface area contributed by atoms with Crippen molar-refractivity contribution in [2.75, 3.05) is 0 Å². The predicted octanol–water partition coefficient (Wildman–Crippen LogP) is 5.69. The van der Waals surface area contributed by atoms with E-state index in [-0.39, 0.29) is 11.3 Å². The van der Waals surface area contributed by atoms with Crippen molar-refractivity contribution in [1.29, 1.82) is 0 Å². The maximum Gasteiger partial charge on any atom is 0.266 e. The lowest BCUT2D eigenvalue weighted by atomic mass is 9.87. The van der Waals surface area contributed by atoms with Crippen LogP contribution in [0, 0.1) is 6.92 Å². The summed E-state index contributed by atoms with van der Waals surface area (Å²) in [7, 11) is 0. The highest BCUT2D eigenvalue weighted by atomic mass is 32.2. The lowest BCUT2D eigenvalue weighted by molar-refractivity contribution is -0.122. The summed E-state index contributed by atoms with van der Waals surface area (Å²) in [6, 6.07) is 16.6. The van der Waals surface area contributed by atoms with Gasteiger partial charge in [-0.3, -0.25) is 9.69 Å². The molecule has 3 rings (SSSR count). The van der Waals surface area contributed by atoms with E-state index < -0.39 is 0 Å². The molecule has 0 radical (unpaired) electrons. The summed E-state index contributed by atoms with van der Waals surface area (Å²) in [5.41, 5.74) is 4.71. The molecule has 1 heterocycles. The third-order valence-electron chi connectivity index (χ3n) is 4.41. The molecule has 1 aliphatic rings. The molecule has 1 amide bonds. The standard InChI is InChI=1S/C22H23NOS2/c1-15-5-7-17(8-6-15)14-23-20(24)19(26-21(23)25)13-16-9-11-18(12-10-16)22(2,3)4/h5-13H,14H2,1-4H3/b19-13-. The minimum atomic E-state index is -0.0135. The number of rotatable bonds is 3. The second kappa shape index (κ2) is 7.37. The third-order valence-corrected chi connectivity index (χ3v) is 5.79. The molecule has 4 heteroatoms. The maximum atomic E-state index is 12.8. The van der Waals surface area contributed by atoms with Crippen LogP contribution in [0.15, 0.2) is 53.4 Å². The molecule has 0 unspecified atom stereocenters. The second-order valence-electron chi connectivity index (χ2n) is 7.63. The number of hydrogen-bond donors (Lipinski definition) is 0. The summed E-state index contributed by atoms with van der Waals surface area (Å²) in [5, 5.41) is 0. The van der Waals surface area contributed by atoms with Crippen LogP contribution < -0.4 is 0 Å². The number of thioether (sulfide) groups is 1. The average Bonchev–Trinajstić information content (AvgIpc) is 2.84. The molecule has 0 aromatic heterocycles. The highest BCUT2D eigenvalue weighted by Crippen LogP contribution is 2.34. The summed E-state index contributed by atoms with van der Waals surface area (Å²) in [4.78, 5) is 15.1. The van der Waals surface area contributed by atoms with Gasteiger partial charge >= 0.3 is 0 Å². The Balaban J connectivity index is 1.77. The molecule has 1 aliphatic heterocycles. The zero-order valence-corrected chi connectivity index (χ0v) is 17.2. The van der Waals surface area contributed by atoms with Gasteiger partial charge in [0.05, 0.1) is 11.4 Å². The van der Waals surface area contributed by atoms with Gasteiger partial charge in [0.15, 0.2) is 0 Å². The van der Waals surface area contributed by atoms with E-state index in [1.165, 1.54) is 22.9 Å². The Hall–Kier alpha value is -1.91. The fourth-order valence-corrected chi connectivity index (χ4v) is 4.00. The van der Waals surface area contributed by atoms with Crippen LogP contribution in [0.4, 0.5) is 0 Å². The van der Waals surface area contributed by atoms with Crippen molar-refractivity contribution >= 4 is 40.3 Å². The van der Waals surface area contributed by atoms with Crippen LogP contribution in [0.25, 0.3) is 6.08 Å². The van der Waals surface area contributed by atoms with Crippen molar-refractivity contribution in [3.05, 3.63) is 75.7 Å². The highest BCUT2D eigenvalue weighted by molar-refractivity contribution is 8.26. The predicted molar refractivity (Wildman–Crippen MR) is 115 cm³/mol. The fraction of sp³-hybridized carbons (Fsp3) is 0.273. The number of carbonyl (C=O) groups excluding carboxylic acids is 1. The first kappa shape index (κ1) is 18.9. The fourth-order valence-electron chi connectivity index (χ4n) is 2.74. The number of carbonyl (C=O) groups is 1. The lowest BCUT2D eigenvalue weighted by Gasteiger charge is -2.18. The molecule has 0 saturated carbocycles. The van der Waals surface area contributed by atoms with E-state index in [2.05, 4.69) is 64.1 Å². The maximum absolute atomic E-state index is 12.8. The molecule has 0 aliphatic carbocycles. The first-order valence-corrected chi connectivity index (χ1v) is 9.88. The van der Waals surface area contributed by atoms with Crippen molar-refractivity contribution < 1.29 is 4.79 Å². The number of nitrogens with zero attached hydrogens (tertiary/aromatic N) is 1. The summed E-state index contributed by atoms with van der Waals surface area (Å²) in [6.45, 7) is 9.15. The summed E-state index contributed by atoms with van der Waals surface area (Å²) in [6.07, 6.45) is 1.93. The van der Waals surface area contributed by atoms with Crippen molar-refractivity contribution in [2.24, 2.45) is 0 Å². The highest BCUT2D eigenvalue weighted by Gasteiger charge is 2.31. The molecule has 0 bridgehead atoms. The topological polar surface area (TPSA) is 20.3 Å². The smallest absolute Gasteiger partial charge is 0.266 e. The Morgan fingerprint density at radius 2 is 1.65 bits per heavy atom. The van der Waals surface area contributed by atoms with E-state index in [9.17, 15) is 4.79 Å². The van der Waals surface area contributed by atoms with Crippen molar-refractivity contribution in [3.8, 4) is 0 Å². The molecule has 0 spiro atoms. The molecule has 1 fully saturated rings. The summed E-state index contributed by atoms with van der Waals surface area (Å²) >= 11 is 6.81. The van der Waals surface area contributed by atoms with Crippen LogP contribution in [0.5, 0.6) is 0 Å². The summed E-state index contributed by atoms with van der Waals surface area (Å²) in [5.74, 6) is -0.0135. The average molecular weight is 382 g/mol. The van der Waals surface area contributed by atoms with Gasteiger partial charge in [-0.15, -0.1) is 0 Å². The minimum Gasteiger partial charge on any atom is -0.288 e. The quantitative estimate of drug-likeness (QED) is 0.503. The van der Waals surface area contributed by atoms with Crippen LogP contribution in [0.3, 0.4) is 0 Å². The molecule has 0 N–H and O–H groups in total. The van der Waals surface area contributed by atoms with Crippen LogP contribution in [-0.4, -0.2) is 15.1 Å². The Bertz CT molecular complexity index is 859. The molecular formula is C22H23NOS2. The van der Waals surface area contributed by atoms with Gasteiger partial charge < -0.3 is 0 Å². The van der Waals surface area contributed by atoms with Crippen LogP contribution in [0.2, 0.25) is 0 Å². The van der Waals surface area contributed by atoms with Gasteiger partial charge in [0.25, 0.3) is 5.91 Å². The normalized spacial score (nSPS) is 16.6. The number of hydrogen-bond acceptors (Lipinski definition) is 3. The third kappa shape index (κ3) is 4.25. The van der Waals surface area contributed by atoms with E-state index in [1.807, 2.05) is 18.2 Å². The van der Waals surface area contributed by atoms with E-state index in [4.69, 9.17) is 12.2 Å². The molecular weight excluding hydrogens is 358 g/mol. The van der Waals surface area contributed by atoms with Crippen LogP contribution in [0.1, 0.15) is 43.0 Å². The molecule has 1 saturated heterocycles. The van der Waals surface area contributed by atoms with Gasteiger partial charge in [0.2, 0.25) is 0 Å². The number of benzene rings is 2. The van der Waals surface area contributed by atoms with Crippen LogP contribution >= 0.6 is 24.0 Å². The number of aryl methyl sites for hydroxylation is 1. The van der Waals surface area contributed by atoms with Gasteiger partial charge in [0.1, 0.15) is 4.32 Å². The van der Waals surface area contributed by atoms with Gasteiger partial charge in [-0.2, -0.15) is 0 Å². The lowest BCUT2D eigenvalue weighted by Crippen LogP contribution is -2.27. The van der Waals surface area contributed by atoms with E-state index in [0.717, 1.165) is 11.1 Å². The van der Waals surface area contributed by atoms with Gasteiger partial charge in [-0.1, -0.05) is 98.8 Å². The zero-order chi connectivity index (χ0) is 18.9. The molecule has 134 valence electrons. The van der Waals surface area contributed by atoms with Crippen LogP contribution in [-0.2, 0) is 16.8 Å². The van der Waals surface area contributed by atoms with Crippen molar-refractivity contribution in [3.63, 3.8) is 0 Å². The number of amides is 1. The van der Waals surface area contributed by atoms with Gasteiger partial charge in [-0.05, 0) is 35.1 Å². The molecule has 2 aromatic rings. The monoisotopic (exact) mass is 381 g/mol. The minimum absolute atomic E-state index is 0.0135. The van der Waals surface area contributed by atoms with Gasteiger partial charge in [-0.25, -0.2) is 0 Å². The Morgan fingerprint density at radius 1 is 1.04 bits per heavy atom. The Kier molecular flexibility index (Phi) is 5.35.